The van der Waals surface area contributed by atoms with Gasteiger partial charge in [-0.3, -0.25) is 0 Å². The summed E-state index contributed by atoms with van der Waals surface area (Å²) in [5.41, 5.74) is 0.833. The molecule has 3 heteroatoms. The zero-order valence-corrected chi connectivity index (χ0v) is 12.5. The Morgan fingerprint density at radius 1 is 1.28 bits per heavy atom. The summed E-state index contributed by atoms with van der Waals surface area (Å²) in [5, 5.41) is 0. The molecule has 1 aromatic carbocycles. The van der Waals surface area contributed by atoms with Crippen LogP contribution in [0.1, 0.15) is 33.1 Å². The van der Waals surface area contributed by atoms with Crippen LogP contribution in [0, 0.1) is 0 Å². The van der Waals surface area contributed by atoms with Gasteiger partial charge in [-0.2, -0.15) is 0 Å². The number of esters is 1. The topological polar surface area (TPSA) is 26.3 Å². The van der Waals surface area contributed by atoms with Crippen molar-refractivity contribution in [3.05, 3.63) is 40.4 Å². The van der Waals surface area contributed by atoms with E-state index in [-0.39, 0.29) is 27.0 Å². The van der Waals surface area contributed by atoms with Crippen LogP contribution in [0.3, 0.4) is 0 Å². The zero-order valence-electron chi connectivity index (χ0n) is 10.8. The van der Waals surface area contributed by atoms with Gasteiger partial charge in [0, 0.05) is 0 Å². The van der Waals surface area contributed by atoms with Crippen molar-refractivity contribution in [2.24, 2.45) is 0 Å². The van der Waals surface area contributed by atoms with Crippen molar-refractivity contribution in [2.75, 3.05) is 0 Å². The molecule has 0 bridgehead atoms. The molecule has 18 heavy (non-hydrogen) atoms. The zero-order chi connectivity index (χ0) is 13.0. The molecule has 0 aromatic heterocycles. The molecule has 0 spiro atoms. The molecule has 2 nitrogen and oxygen atoms in total. The second-order valence-electron chi connectivity index (χ2n) is 4.44. The summed E-state index contributed by atoms with van der Waals surface area (Å²) >= 11 is 0.204. The van der Waals surface area contributed by atoms with Gasteiger partial charge in [-0.25, -0.2) is 0 Å². The van der Waals surface area contributed by atoms with E-state index in [0.29, 0.717) is 0 Å². The first-order valence-electron chi connectivity index (χ1n) is 6.37. The van der Waals surface area contributed by atoms with Gasteiger partial charge in [0.1, 0.15) is 0 Å². The first kappa shape index (κ1) is 13.4. The van der Waals surface area contributed by atoms with Crippen molar-refractivity contribution in [1.29, 1.82) is 0 Å². The minimum atomic E-state index is -0.121. The molecular weight excluding hydrogens is 291 g/mol. The van der Waals surface area contributed by atoms with Crippen LogP contribution < -0.4 is 4.46 Å². The molecule has 0 fully saturated rings. The van der Waals surface area contributed by atoms with E-state index >= 15 is 0 Å². The van der Waals surface area contributed by atoms with E-state index < -0.39 is 0 Å². The monoisotopic (exact) mass is 310 g/mol. The number of cyclic esters (lactones) is 1. The fraction of sp³-hybridized carbons (Fsp3) is 0.400. The van der Waals surface area contributed by atoms with Gasteiger partial charge in [0.25, 0.3) is 0 Å². The predicted molar refractivity (Wildman–Crippen MR) is 73.9 cm³/mol. The third-order valence-electron chi connectivity index (χ3n) is 3.01. The fourth-order valence-corrected chi connectivity index (χ4v) is 4.22. The third-order valence-corrected chi connectivity index (χ3v) is 5.73. The number of rotatable bonds is 5. The summed E-state index contributed by atoms with van der Waals surface area (Å²) in [6.45, 7) is 4.06. The summed E-state index contributed by atoms with van der Waals surface area (Å²) in [4.78, 5) is 11.7. The summed E-state index contributed by atoms with van der Waals surface area (Å²) in [5.74, 6) is -0.121. The van der Waals surface area contributed by atoms with E-state index in [4.69, 9.17) is 4.74 Å². The van der Waals surface area contributed by atoms with Gasteiger partial charge < -0.3 is 0 Å². The first-order chi connectivity index (χ1) is 8.72. The van der Waals surface area contributed by atoms with Crippen molar-refractivity contribution >= 4 is 25.4 Å². The van der Waals surface area contributed by atoms with E-state index in [0.717, 1.165) is 24.8 Å². The SMILES string of the molecule is CCCCC1OC(=O)C(C)=C1[Se]c1ccccc1. The number of carbonyl (C=O) groups is 1. The van der Waals surface area contributed by atoms with Crippen molar-refractivity contribution in [1.82, 2.24) is 0 Å². The summed E-state index contributed by atoms with van der Waals surface area (Å²) in [6.07, 6.45) is 3.24. The number of ether oxygens (including phenoxy) is 1. The Hall–Kier alpha value is -1.05. The van der Waals surface area contributed by atoms with Gasteiger partial charge >= 0.3 is 115 Å². The maximum atomic E-state index is 11.7. The summed E-state index contributed by atoms with van der Waals surface area (Å²) in [7, 11) is 0. The molecule has 0 amide bonds. The van der Waals surface area contributed by atoms with Crippen LogP contribution >= 0.6 is 0 Å². The van der Waals surface area contributed by atoms with Crippen molar-refractivity contribution in [3.8, 4) is 0 Å². The molecule has 0 aliphatic carbocycles. The standard InChI is InChI=1S/C15H18O2Se/c1-3-4-10-13-14(11(2)15(16)17-13)18-12-8-6-5-7-9-12/h5-9,13H,3-4,10H2,1-2H3. The van der Waals surface area contributed by atoms with Gasteiger partial charge in [-0.1, -0.05) is 0 Å². The number of carbonyl (C=O) groups excluding carboxylic acids is 1. The molecule has 0 saturated heterocycles. The van der Waals surface area contributed by atoms with Gasteiger partial charge in [0.2, 0.25) is 0 Å². The molecule has 0 N–H and O–H groups in total. The Morgan fingerprint density at radius 2 is 2.00 bits per heavy atom. The molecule has 0 radical (unpaired) electrons. The molecule has 2 rings (SSSR count). The van der Waals surface area contributed by atoms with E-state index in [1.54, 1.807) is 0 Å². The quantitative estimate of drug-likeness (QED) is 0.617. The third kappa shape index (κ3) is 3.04. The van der Waals surface area contributed by atoms with Crippen LogP contribution in [0.2, 0.25) is 0 Å². The molecule has 1 unspecified atom stereocenters. The van der Waals surface area contributed by atoms with Gasteiger partial charge in [-0.15, -0.1) is 0 Å². The van der Waals surface area contributed by atoms with Crippen molar-refractivity contribution in [2.45, 2.75) is 39.2 Å². The molecule has 1 aliphatic rings. The number of benzene rings is 1. The van der Waals surface area contributed by atoms with Crippen LogP contribution in [0.5, 0.6) is 0 Å². The van der Waals surface area contributed by atoms with Crippen LogP contribution in [0.4, 0.5) is 0 Å². The normalized spacial score (nSPS) is 19.2. The summed E-state index contributed by atoms with van der Waals surface area (Å²) < 4.78 is 8.00. The van der Waals surface area contributed by atoms with Crippen LogP contribution in [0.15, 0.2) is 40.4 Å². The average Bonchev–Trinajstić information content (AvgIpc) is 2.65. The number of unbranched alkanes of at least 4 members (excludes halogenated alkanes) is 1. The van der Waals surface area contributed by atoms with E-state index in [9.17, 15) is 4.79 Å². The molecular formula is C15H18O2Se. The van der Waals surface area contributed by atoms with Crippen molar-refractivity contribution in [3.63, 3.8) is 0 Å². The van der Waals surface area contributed by atoms with Crippen LogP contribution in [-0.2, 0) is 9.53 Å². The molecule has 1 heterocycles. The Kier molecular flexibility index (Phi) is 4.62. The predicted octanol–water partition coefficient (Wildman–Crippen LogP) is 2.41. The molecule has 1 aromatic rings. The fourth-order valence-electron chi connectivity index (χ4n) is 1.95. The molecule has 96 valence electrons. The number of hydrogen-bond acceptors (Lipinski definition) is 2. The average molecular weight is 309 g/mol. The van der Waals surface area contributed by atoms with E-state index in [2.05, 4.69) is 19.1 Å². The first-order valence-corrected chi connectivity index (χ1v) is 8.08. The van der Waals surface area contributed by atoms with Gasteiger partial charge in [0.05, 0.1) is 0 Å². The minimum absolute atomic E-state index is 0.0256. The van der Waals surface area contributed by atoms with Crippen molar-refractivity contribution < 1.29 is 9.53 Å². The maximum absolute atomic E-state index is 11.7. The Bertz CT molecular complexity index is 451. The summed E-state index contributed by atoms with van der Waals surface area (Å²) in [6, 6.07) is 10.4. The molecule has 1 aliphatic heterocycles. The van der Waals surface area contributed by atoms with Crippen LogP contribution in [-0.4, -0.2) is 27.0 Å². The van der Waals surface area contributed by atoms with E-state index in [1.165, 1.54) is 8.93 Å². The molecule has 1 atom stereocenters. The second-order valence-corrected chi connectivity index (χ2v) is 6.78. The number of hydrogen-bond donors (Lipinski definition) is 0. The van der Waals surface area contributed by atoms with Gasteiger partial charge in [0.15, 0.2) is 0 Å². The Morgan fingerprint density at radius 3 is 2.67 bits per heavy atom. The van der Waals surface area contributed by atoms with Crippen LogP contribution in [0.25, 0.3) is 0 Å². The van der Waals surface area contributed by atoms with Gasteiger partial charge in [-0.05, 0) is 0 Å². The Balaban J connectivity index is 2.14. The molecule has 0 saturated carbocycles. The Labute approximate surface area is 115 Å². The van der Waals surface area contributed by atoms with E-state index in [1.807, 2.05) is 25.1 Å². The second kappa shape index (κ2) is 6.21.